The topological polar surface area (TPSA) is 74.9 Å². The summed E-state index contributed by atoms with van der Waals surface area (Å²) >= 11 is 0. The van der Waals surface area contributed by atoms with Crippen molar-refractivity contribution >= 4 is 27.5 Å². The number of aromatic amines is 1. The number of rotatable bonds is 0. The van der Waals surface area contributed by atoms with Crippen LogP contribution in [0.1, 0.15) is 5.56 Å². The number of nitrogen functional groups attached to an aromatic ring is 1. The minimum Gasteiger partial charge on any atom is -0.493 e. The predicted octanol–water partition coefficient (Wildman–Crippen LogP) is 3.02. The van der Waals surface area contributed by atoms with Crippen molar-refractivity contribution < 1.29 is 18.3 Å². The third kappa shape index (κ3) is 1.66. The van der Waals surface area contributed by atoms with Crippen molar-refractivity contribution in [2.24, 2.45) is 0 Å². The van der Waals surface area contributed by atoms with E-state index in [4.69, 9.17) is 5.73 Å². The maximum absolute atomic E-state index is 12.6. The zero-order valence-electron chi connectivity index (χ0n) is 9.42. The molecule has 7 heteroatoms. The number of pyridine rings is 1. The summed E-state index contributed by atoms with van der Waals surface area (Å²) in [5.74, 6) is -0.268. The maximum atomic E-state index is 12.6. The molecule has 0 aliphatic rings. The van der Waals surface area contributed by atoms with Gasteiger partial charge in [-0.2, -0.15) is 13.2 Å². The lowest BCUT2D eigenvalue weighted by atomic mass is 10.1. The lowest BCUT2D eigenvalue weighted by molar-refractivity contribution is -0.137. The van der Waals surface area contributed by atoms with E-state index in [1.165, 1.54) is 12.3 Å². The molecular weight excluding hydrogens is 259 g/mol. The van der Waals surface area contributed by atoms with E-state index in [0.29, 0.717) is 16.3 Å². The number of aromatic hydroxyl groups is 1. The first-order valence-electron chi connectivity index (χ1n) is 5.34. The molecule has 0 saturated carbocycles. The predicted molar refractivity (Wildman–Crippen MR) is 64.7 cm³/mol. The smallest absolute Gasteiger partial charge is 0.416 e. The molecule has 0 saturated heterocycles. The van der Waals surface area contributed by atoms with Crippen molar-refractivity contribution in [3.8, 4) is 5.88 Å². The van der Waals surface area contributed by atoms with Crippen LogP contribution in [0.5, 0.6) is 5.88 Å². The Morgan fingerprint density at radius 1 is 1.26 bits per heavy atom. The maximum Gasteiger partial charge on any atom is 0.416 e. The van der Waals surface area contributed by atoms with Gasteiger partial charge in [-0.3, -0.25) is 0 Å². The molecule has 3 aromatic rings. The molecule has 0 unspecified atom stereocenters. The van der Waals surface area contributed by atoms with Gasteiger partial charge in [0.1, 0.15) is 0 Å². The minimum absolute atomic E-state index is 0.250. The number of anilines is 1. The Balaban J connectivity index is 2.41. The number of nitrogens with two attached hydrogens (primary N) is 1. The lowest BCUT2D eigenvalue weighted by Crippen LogP contribution is -2.03. The molecule has 0 spiro atoms. The second-order valence-corrected chi connectivity index (χ2v) is 4.17. The summed E-state index contributed by atoms with van der Waals surface area (Å²) in [5.41, 5.74) is 5.81. The van der Waals surface area contributed by atoms with E-state index in [2.05, 4.69) is 9.97 Å². The number of hydrogen-bond acceptors (Lipinski definition) is 3. The fourth-order valence-electron chi connectivity index (χ4n) is 2.08. The van der Waals surface area contributed by atoms with Gasteiger partial charge < -0.3 is 15.8 Å². The number of fused-ring (bicyclic) bond motifs is 3. The van der Waals surface area contributed by atoms with Crippen LogP contribution in [0, 0.1) is 0 Å². The number of H-pyrrole nitrogens is 1. The summed E-state index contributed by atoms with van der Waals surface area (Å²) in [6.07, 6.45) is -3.17. The fraction of sp³-hybridized carbons (Fsp3) is 0.0833. The van der Waals surface area contributed by atoms with Crippen LogP contribution in [0.2, 0.25) is 0 Å². The average molecular weight is 267 g/mol. The van der Waals surface area contributed by atoms with Crippen molar-refractivity contribution in [2.75, 3.05) is 5.73 Å². The van der Waals surface area contributed by atoms with Crippen LogP contribution in [-0.2, 0) is 6.18 Å². The number of nitrogens with one attached hydrogen (secondary N) is 1. The molecule has 19 heavy (non-hydrogen) atoms. The number of nitrogens with zero attached hydrogens (tertiary/aromatic N) is 1. The number of alkyl halides is 3. The summed E-state index contributed by atoms with van der Waals surface area (Å²) in [6.45, 7) is 0. The van der Waals surface area contributed by atoms with Crippen molar-refractivity contribution in [1.82, 2.24) is 9.97 Å². The molecule has 0 fully saturated rings. The van der Waals surface area contributed by atoms with Crippen molar-refractivity contribution in [2.45, 2.75) is 6.18 Å². The van der Waals surface area contributed by atoms with Crippen LogP contribution < -0.4 is 5.73 Å². The number of hydrogen-bond donors (Lipinski definition) is 3. The average Bonchev–Trinajstić information content (AvgIpc) is 2.72. The molecule has 2 heterocycles. The number of aromatic nitrogens is 2. The van der Waals surface area contributed by atoms with Gasteiger partial charge in [-0.05, 0) is 12.1 Å². The van der Waals surface area contributed by atoms with E-state index in [1.807, 2.05) is 0 Å². The lowest BCUT2D eigenvalue weighted by Gasteiger charge is -2.05. The SMILES string of the molecule is Nc1cnc(O)c2c1[nH]c1cc(C(F)(F)F)ccc12. The first-order valence-corrected chi connectivity index (χ1v) is 5.34. The summed E-state index contributed by atoms with van der Waals surface area (Å²) in [6, 6.07) is 3.23. The molecule has 0 bridgehead atoms. The van der Waals surface area contributed by atoms with Crippen LogP contribution in [0.25, 0.3) is 21.8 Å². The van der Waals surface area contributed by atoms with E-state index < -0.39 is 11.7 Å². The van der Waals surface area contributed by atoms with Gasteiger partial charge in [-0.1, -0.05) is 6.07 Å². The van der Waals surface area contributed by atoms with Gasteiger partial charge in [0.15, 0.2) is 0 Å². The Labute approximate surface area is 104 Å². The molecule has 0 radical (unpaired) electrons. The number of benzene rings is 1. The van der Waals surface area contributed by atoms with Gasteiger partial charge in [-0.25, -0.2) is 4.98 Å². The third-order valence-electron chi connectivity index (χ3n) is 2.96. The Kier molecular flexibility index (Phi) is 2.16. The second kappa shape index (κ2) is 3.53. The molecule has 1 aromatic carbocycles. The largest absolute Gasteiger partial charge is 0.493 e. The fourth-order valence-corrected chi connectivity index (χ4v) is 2.08. The highest BCUT2D eigenvalue weighted by Gasteiger charge is 2.30. The molecule has 0 amide bonds. The minimum atomic E-state index is -4.42. The van der Waals surface area contributed by atoms with Gasteiger partial charge in [0.05, 0.1) is 28.4 Å². The molecule has 4 nitrogen and oxygen atoms in total. The first-order chi connectivity index (χ1) is 8.88. The van der Waals surface area contributed by atoms with Crippen LogP contribution in [-0.4, -0.2) is 15.1 Å². The van der Waals surface area contributed by atoms with Crippen LogP contribution in [0.15, 0.2) is 24.4 Å². The van der Waals surface area contributed by atoms with Crippen molar-refractivity contribution in [3.05, 3.63) is 30.0 Å². The van der Waals surface area contributed by atoms with Crippen molar-refractivity contribution in [1.29, 1.82) is 0 Å². The van der Waals surface area contributed by atoms with Crippen molar-refractivity contribution in [3.63, 3.8) is 0 Å². The van der Waals surface area contributed by atoms with E-state index in [1.54, 1.807) is 0 Å². The first kappa shape index (κ1) is 11.6. The van der Waals surface area contributed by atoms with E-state index in [0.717, 1.165) is 12.1 Å². The molecular formula is C12H8F3N3O. The highest BCUT2D eigenvalue weighted by Crippen LogP contribution is 2.37. The van der Waals surface area contributed by atoms with Gasteiger partial charge in [0.2, 0.25) is 5.88 Å². The van der Waals surface area contributed by atoms with Crippen LogP contribution in [0.3, 0.4) is 0 Å². The van der Waals surface area contributed by atoms with Gasteiger partial charge in [0, 0.05) is 10.9 Å². The summed E-state index contributed by atoms with van der Waals surface area (Å²) in [4.78, 5) is 6.46. The van der Waals surface area contributed by atoms with E-state index >= 15 is 0 Å². The highest BCUT2D eigenvalue weighted by atomic mass is 19.4. The quantitative estimate of drug-likeness (QED) is 0.586. The Hall–Kier alpha value is -2.44. The normalized spacial score (nSPS) is 12.4. The highest BCUT2D eigenvalue weighted by molar-refractivity contribution is 6.13. The van der Waals surface area contributed by atoms with Gasteiger partial charge in [-0.15, -0.1) is 0 Å². The zero-order chi connectivity index (χ0) is 13.8. The monoisotopic (exact) mass is 267 g/mol. The molecule has 4 N–H and O–H groups in total. The second-order valence-electron chi connectivity index (χ2n) is 4.17. The molecule has 0 aliphatic heterocycles. The molecule has 98 valence electrons. The Morgan fingerprint density at radius 3 is 2.68 bits per heavy atom. The van der Waals surface area contributed by atoms with Gasteiger partial charge >= 0.3 is 6.18 Å². The zero-order valence-corrected chi connectivity index (χ0v) is 9.42. The standard InChI is InChI=1S/C12H8F3N3O/c13-12(14,15)5-1-2-6-8(3-5)18-10-7(16)4-17-11(19)9(6)10/h1-4,18H,16H2,(H,17,19). The van der Waals surface area contributed by atoms with Crippen LogP contribution in [0.4, 0.5) is 18.9 Å². The van der Waals surface area contributed by atoms with Crippen LogP contribution >= 0.6 is 0 Å². The number of halogens is 3. The molecule has 3 rings (SSSR count). The molecule has 2 aromatic heterocycles. The third-order valence-corrected chi connectivity index (χ3v) is 2.96. The van der Waals surface area contributed by atoms with E-state index in [-0.39, 0.29) is 17.1 Å². The summed E-state index contributed by atoms with van der Waals surface area (Å²) in [5, 5.41) is 10.5. The molecule has 0 aliphatic carbocycles. The Morgan fingerprint density at radius 2 is 2.00 bits per heavy atom. The summed E-state index contributed by atoms with van der Waals surface area (Å²) < 4.78 is 37.9. The van der Waals surface area contributed by atoms with Gasteiger partial charge in [0.25, 0.3) is 0 Å². The Bertz CT molecular complexity index is 792. The summed E-state index contributed by atoms with van der Waals surface area (Å²) in [7, 11) is 0. The van der Waals surface area contributed by atoms with E-state index in [9.17, 15) is 18.3 Å². The molecule has 0 atom stereocenters.